The second-order valence-corrected chi connectivity index (χ2v) is 6.37. The summed E-state index contributed by atoms with van der Waals surface area (Å²) in [5.41, 5.74) is 0.918. The number of sulfonamides is 1. The van der Waals surface area contributed by atoms with E-state index in [9.17, 15) is 13.2 Å². The molecule has 1 aromatic heterocycles. The van der Waals surface area contributed by atoms with Crippen molar-refractivity contribution in [3.63, 3.8) is 0 Å². The van der Waals surface area contributed by atoms with Gasteiger partial charge in [0.05, 0.1) is 5.69 Å². The minimum absolute atomic E-state index is 0.240. The maximum atomic E-state index is 12.5. The SMILES string of the molecule is CC1=CCN(S(=O)(=O)c2c(C(=O)O)n[nH]c2C)CC1. The molecular weight excluding hydrogens is 270 g/mol. The molecule has 0 amide bonds. The van der Waals surface area contributed by atoms with Crippen LogP contribution in [0.25, 0.3) is 0 Å². The van der Waals surface area contributed by atoms with Crippen molar-refractivity contribution in [2.45, 2.75) is 25.2 Å². The van der Waals surface area contributed by atoms with Gasteiger partial charge in [0.2, 0.25) is 10.0 Å². The van der Waals surface area contributed by atoms with E-state index in [1.807, 2.05) is 13.0 Å². The van der Waals surface area contributed by atoms with Crippen LogP contribution in [-0.2, 0) is 10.0 Å². The third kappa shape index (κ3) is 2.41. The van der Waals surface area contributed by atoms with Crippen molar-refractivity contribution in [2.75, 3.05) is 13.1 Å². The average Bonchev–Trinajstić information content (AvgIpc) is 2.72. The van der Waals surface area contributed by atoms with Gasteiger partial charge in [-0.15, -0.1) is 0 Å². The second-order valence-electron chi connectivity index (χ2n) is 4.50. The summed E-state index contributed by atoms with van der Waals surface area (Å²) in [5.74, 6) is -1.35. The molecule has 0 unspecified atom stereocenters. The Balaban J connectivity index is 2.46. The highest BCUT2D eigenvalue weighted by atomic mass is 32.2. The molecule has 0 bridgehead atoms. The number of carbonyl (C=O) groups is 1. The summed E-state index contributed by atoms with van der Waals surface area (Å²) in [6.45, 7) is 4.05. The molecule has 0 radical (unpaired) electrons. The fourth-order valence-corrected chi connectivity index (χ4v) is 3.65. The number of aromatic amines is 1. The molecule has 0 atom stereocenters. The minimum atomic E-state index is -3.83. The number of aryl methyl sites for hydroxylation is 1. The molecule has 1 aliphatic heterocycles. The summed E-state index contributed by atoms with van der Waals surface area (Å²) >= 11 is 0. The van der Waals surface area contributed by atoms with E-state index in [4.69, 9.17) is 5.11 Å². The van der Waals surface area contributed by atoms with Crippen LogP contribution in [0.4, 0.5) is 0 Å². The van der Waals surface area contributed by atoms with Gasteiger partial charge in [-0.2, -0.15) is 9.40 Å². The number of H-pyrrole nitrogens is 1. The van der Waals surface area contributed by atoms with Gasteiger partial charge in [0, 0.05) is 13.1 Å². The largest absolute Gasteiger partial charge is 0.476 e. The summed E-state index contributed by atoms with van der Waals surface area (Å²) in [6, 6.07) is 0. The highest BCUT2D eigenvalue weighted by Gasteiger charge is 2.33. The highest BCUT2D eigenvalue weighted by Crippen LogP contribution is 2.24. The normalized spacial score (nSPS) is 17.3. The molecule has 2 heterocycles. The van der Waals surface area contributed by atoms with E-state index in [-0.39, 0.29) is 17.1 Å². The summed E-state index contributed by atoms with van der Waals surface area (Å²) in [5, 5.41) is 15.0. The summed E-state index contributed by atoms with van der Waals surface area (Å²) in [4.78, 5) is 10.8. The van der Waals surface area contributed by atoms with Gasteiger partial charge in [-0.1, -0.05) is 11.6 Å². The van der Waals surface area contributed by atoms with Gasteiger partial charge in [-0.05, 0) is 20.3 Å². The molecule has 0 saturated heterocycles. The van der Waals surface area contributed by atoms with Crippen molar-refractivity contribution in [3.05, 3.63) is 23.0 Å². The van der Waals surface area contributed by atoms with Crippen molar-refractivity contribution in [1.29, 1.82) is 0 Å². The number of nitrogens with zero attached hydrogens (tertiary/aromatic N) is 2. The van der Waals surface area contributed by atoms with E-state index in [1.165, 1.54) is 11.2 Å². The Morgan fingerprint density at radius 1 is 1.47 bits per heavy atom. The number of carboxylic acid groups (broad SMARTS) is 1. The Morgan fingerprint density at radius 3 is 2.68 bits per heavy atom. The summed E-state index contributed by atoms with van der Waals surface area (Å²) in [7, 11) is -3.83. The van der Waals surface area contributed by atoms with Crippen LogP contribution in [0.1, 0.15) is 29.5 Å². The fourth-order valence-electron chi connectivity index (χ4n) is 1.98. The quantitative estimate of drug-likeness (QED) is 0.798. The standard InChI is InChI=1S/C11H15N3O4S/c1-7-3-5-14(6-4-7)19(17,18)10-8(2)12-13-9(10)11(15)16/h3H,4-6H2,1-2H3,(H,12,13)(H,15,16). The van der Waals surface area contributed by atoms with Gasteiger partial charge in [-0.3, -0.25) is 5.10 Å². The molecule has 19 heavy (non-hydrogen) atoms. The lowest BCUT2D eigenvalue weighted by atomic mass is 10.1. The van der Waals surface area contributed by atoms with Crippen LogP contribution in [0.5, 0.6) is 0 Å². The van der Waals surface area contributed by atoms with Crippen LogP contribution >= 0.6 is 0 Å². The van der Waals surface area contributed by atoms with E-state index in [0.29, 0.717) is 13.0 Å². The summed E-state index contributed by atoms with van der Waals surface area (Å²) in [6.07, 6.45) is 2.48. The predicted octanol–water partition coefficient (Wildman–Crippen LogP) is 0.757. The first-order chi connectivity index (χ1) is 8.84. The van der Waals surface area contributed by atoms with Crippen molar-refractivity contribution < 1.29 is 18.3 Å². The van der Waals surface area contributed by atoms with Gasteiger partial charge in [-0.25, -0.2) is 13.2 Å². The first kappa shape index (κ1) is 13.8. The van der Waals surface area contributed by atoms with E-state index < -0.39 is 21.7 Å². The first-order valence-electron chi connectivity index (χ1n) is 5.78. The molecule has 104 valence electrons. The molecule has 0 fully saturated rings. The molecule has 1 aromatic rings. The number of aromatic nitrogens is 2. The summed E-state index contributed by atoms with van der Waals surface area (Å²) < 4.78 is 26.2. The number of carboxylic acids is 1. The zero-order valence-corrected chi connectivity index (χ0v) is 11.5. The number of nitrogens with one attached hydrogen (secondary N) is 1. The number of hydrogen-bond acceptors (Lipinski definition) is 4. The number of rotatable bonds is 3. The van der Waals surface area contributed by atoms with Gasteiger partial charge in [0.1, 0.15) is 4.90 Å². The van der Waals surface area contributed by atoms with Crippen LogP contribution < -0.4 is 0 Å². The lowest BCUT2D eigenvalue weighted by molar-refractivity contribution is 0.0686. The van der Waals surface area contributed by atoms with Crippen molar-refractivity contribution in [3.8, 4) is 0 Å². The molecule has 0 saturated carbocycles. The van der Waals surface area contributed by atoms with E-state index in [0.717, 1.165) is 5.57 Å². The Hall–Kier alpha value is -1.67. The zero-order valence-electron chi connectivity index (χ0n) is 10.7. The van der Waals surface area contributed by atoms with Gasteiger partial charge >= 0.3 is 5.97 Å². The third-order valence-electron chi connectivity index (χ3n) is 3.09. The molecule has 1 aliphatic rings. The maximum Gasteiger partial charge on any atom is 0.357 e. The van der Waals surface area contributed by atoms with Gasteiger partial charge in [0.25, 0.3) is 0 Å². The molecule has 7 nitrogen and oxygen atoms in total. The zero-order chi connectivity index (χ0) is 14.2. The number of aromatic carboxylic acids is 1. The Bertz CT molecular complexity index is 645. The molecule has 0 spiro atoms. The molecular formula is C11H15N3O4S. The van der Waals surface area contributed by atoms with Crippen molar-refractivity contribution in [2.24, 2.45) is 0 Å². The van der Waals surface area contributed by atoms with Gasteiger partial charge in [0.15, 0.2) is 5.69 Å². The Kier molecular flexibility index (Phi) is 3.46. The van der Waals surface area contributed by atoms with Crippen molar-refractivity contribution >= 4 is 16.0 Å². The maximum absolute atomic E-state index is 12.5. The molecule has 2 N–H and O–H groups in total. The Morgan fingerprint density at radius 2 is 2.16 bits per heavy atom. The molecule has 2 rings (SSSR count). The number of hydrogen-bond donors (Lipinski definition) is 2. The topological polar surface area (TPSA) is 103 Å². The van der Waals surface area contributed by atoms with Crippen LogP contribution in [0.15, 0.2) is 16.5 Å². The Labute approximate surface area is 111 Å². The van der Waals surface area contributed by atoms with Crippen LogP contribution in [0.2, 0.25) is 0 Å². The smallest absolute Gasteiger partial charge is 0.357 e. The average molecular weight is 285 g/mol. The van der Waals surface area contributed by atoms with Gasteiger partial charge < -0.3 is 5.11 Å². The van der Waals surface area contributed by atoms with E-state index >= 15 is 0 Å². The van der Waals surface area contributed by atoms with E-state index in [2.05, 4.69) is 10.2 Å². The molecule has 0 aliphatic carbocycles. The van der Waals surface area contributed by atoms with E-state index in [1.54, 1.807) is 0 Å². The lowest BCUT2D eigenvalue weighted by Gasteiger charge is -2.24. The third-order valence-corrected chi connectivity index (χ3v) is 5.12. The van der Waals surface area contributed by atoms with Crippen LogP contribution in [-0.4, -0.2) is 47.1 Å². The fraction of sp³-hybridized carbons (Fsp3) is 0.455. The lowest BCUT2D eigenvalue weighted by Crippen LogP contribution is -2.35. The molecule has 8 heteroatoms. The highest BCUT2D eigenvalue weighted by molar-refractivity contribution is 7.89. The monoisotopic (exact) mass is 285 g/mol. The minimum Gasteiger partial charge on any atom is -0.476 e. The van der Waals surface area contributed by atoms with Crippen LogP contribution in [0.3, 0.4) is 0 Å². The van der Waals surface area contributed by atoms with Crippen LogP contribution in [0, 0.1) is 6.92 Å². The predicted molar refractivity (Wildman–Crippen MR) is 67.4 cm³/mol. The van der Waals surface area contributed by atoms with Crippen molar-refractivity contribution in [1.82, 2.24) is 14.5 Å². The first-order valence-corrected chi connectivity index (χ1v) is 7.22. The second kappa shape index (κ2) is 4.78. The molecule has 0 aromatic carbocycles.